The fourth-order valence-electron chi connectivity index (χ4n) is 5.33. The van der Waals surface area contributed by atoms with Crippen LogP contribution in [0.3, 0.4) is 0 Å². The topological polar surface area (TPSA) is 69.7 Å². The Kier molecular flexibility index (Phi) is 7.46. The van der Waals surface area contributed by atoms with Crippen molar-refractivity contribution in [3.63, 3.8) is 0 Å². The first-order valence-electron chi connectivity index (χ1n) is 13.9. The first-order chi connectivity index (χ1) is 20.7. The van der Waals surface area contributed by atoms with Gasteiger partial charge in [0.1, 0.15) is 12.0 Å². The van der Waals surface area contributed by atoms with E-state index in [4.69, 9.17) is 0 Å². The number of hydrogen-bond acceptors (Lipinski definition) is 4. The van der Waals surface area contributed by atoms with E-state index in [9.17, 15) is 17.6 Å². The summed E-state index contributed by atoms with van der Waals surface area (Å²) in [6, 6.07) is 35.2. The average Bonchev–Trinajstić information content (AvgIpc) is 3.01. The van der Waals surface area contributed by atoms with Crippen LogP contribution in [-0.4, -0.2) is 14.3 Å². The summed E-state index contributed by atoms with van der Waals surface area (Å²) >= 11 is 0. The molecule has 1 amide bonds. The number of carbonyl (C=O) groups is 1. The zero-order chi connectivity index (χ0) is 30.1. The molecular formula is C35H30FN3O3S. The van der Waals surface area contributed by atoms with Crippen LogP contribution in [-0.2, 0) is 16.6 Å². The third-order valence-electron chi connectivity index (χ3n) is 7.56. The van der Waals surface area contributed by atoms with Gasteiger partial charge in [0, 0.05) is 17.9 Å². The molecule has 0 spiro atoms. The predicted octanol–water partition coefficient (Wildman–Crippen LogP) is 7.61. The van der Waals surface area contributed by atoms with E-state index >= 15 is 0 Å². The van der Waals surface area contributed by atoms with E-state index in [1.807, 2.05) is 80.6 Å². The molecule has 0 aromatic heterocycles. The maximum absolute atomic E-state index is 14.4. The van der Waals surface area contributed by atoms with Crippen molar-refractivity contribution in [1.82, 2.24) is 0 Å². The Balaban J connectivity index is 1.52. The number of amides is 1. The number of halogens is 1. The molecule has 0 aliphatic carbocycles. The molecule has 216 valence electrons. The van der Waals surface area contributed by atoms with E-state index in [1.54, 1.807) is 35.2 Å². The van der Waals surface area contributed by atoms with Crippen LogP contribution in [0.25, 0.3) is 0 Å². The van der Waals surface area contributed by atoms with Crippen molar-refractivity contribution in [2.75, 3.05) is 14.5 Å². The fourth-order valence-corrected chi connectivity index (χ4v) is 6.42. The van der Waals surface area contributed by atoms with Crippen molar-refractivity contribution in [2.24, 2.45) is 0 Å². The van der Waals surface area contributed by atoms with Gasteiger partial charge in [-0.25, -0.2) is 12.8 Å². The van der Waals surface area contributed by atoms with Gasteiger partial charge in [0.2, 0.25) is 0 Å². The third kappa shape index (κ3) is 5.74. The summed E-state index contributed by atoms with van der Waals surface area (Å²) in [6.45, 7) is 4.31. The molecule has 1 aliphatic heterocycles. The zero-order valence-electron chi connectivity index (χ0n) is 23.7. The monoisotopic (exact) mass is 591 g/mol. The molecule has 1 N–H and O–H groups in total. The van der Waals surface area contributed by atoms with Gasteiger partial charge in [-0.2, -0.15) is 0 Å². The second kappa shape index (κ2) is 11.4. The van der Waals surface area contributed by atoms with E-state index in [1.165, 1.54) is 24.3 Å². The van der Waals surface area contributed by atoms with Gasteiger partial charge in [-0.15, -0.1) is 0 Å². The van der Waals surface area contributed by atoms with Crippen molar-refractivity contribution >= 4 is 33.0 Å². The first kappa shape index (κ1) is 28.2. The summed E-state index contributed by atoms with van der Waals surface area (Å²) in [5.41, 5.74) is 5.66. The van der Waals surface area contributed by atoms with Gasteiger partial charge in [0.15, 0.2) is 0 Å². The molecule has 0 radical (unpaired) electrons. The summed E-state index contributed by atoms with van der Waals surface area (Å²) < 4.78 is 43.6. The second-order valence-electron chi connectivity index (χ2n) is 10.7. The van der Waals surface area contributed by atoms with Crippen LogP contribution in [0, 0.1) is 19.7 Å². The minimum atomic E-state index is -4.00. The number of sulfonamides is 1. The molecule has 0 saturated heterocycles. The van der Waals surface area contributed by atoms with E-state index in [0.717, 1.165) is 22.3 Å². The van der Waals surface area contributed by atoms with Crippen molar-refractivity contribution < 1.29 is 17.6 Å². The highest BCUT2D eigenvalue weighted by Crippen LogP contribution is 2.43. The molecule has 1 aliphatic rings. The molecule has 1 heterocycles. The van der Waals surface area contributed by atoms with Crippen LogP contribution in [0.2, 0.25) is 0 Å². The number of anilines is 3. The Hall–Kier alpha value is -4.95. The van der Waals surface area contributed by atoms with Crippen molar-refractivity contribution in [2.45, 2.75) is 31.5 Å². The molecule has 8 heteroatoms. The molecule has 43 heavy (non-hydrogen) atoms. The Morgan fingerprint density at radius 3 is 2.05 bits per heavy atom. The van der Waals surface area contributed by atoms with Crippen LogP contribution < -0.4 is 14.5 Å². The van der Waals surface area contributed by atoms with Crippen LogP contribution in [0.1, 0.15) is 38.8 Å². The van der Waals surface area contributed by atoms with Gasteiger partial charge in [-0.05, 0) is 79.6 Å². The normalized spacial score (nSPS) is 14.9. The maximum atomic E-state index is 14.4. The summed E-state index contributed by atoms with van der Waals surface area (Å²) in [6.07, 6.45) is -0.628. The summed E-state index contributed by atoms with van der Waals surface area (Å²) in [4.78, 5) is 18.1. The molecule has 0 saturated carbocycles. The molecule has 1 atom stereocenters. The third-order valence-corrected chi connectivity index (χ3v) is 8.94. The molecule has 0 unspecified atom stereocenters. The highest BCUT2D eigenvalue weighted by Gasteiger charge is 2.40. The van der Waals surface area contributed by atoms with Gasteiger partial charge < -0.3 is 4.90 Å². The number of rotatable bonds is 7. The number of carbonyl (C=O) groups excluding carboxylic acids is 1. The number of nitrogens with zero attached hydrogens (tertiary/aromatic N) is 2. The lowest BCUT2D eigenvalue weighted by Crippen LogP contribution is -2.49. The van der Waals surface area contributed by atoms with E-state index in [-0.39, 0.29) is 22.2 Å². The minimum Gasteiger partial charge on any atom is -0.342 e. The maximum Gasteiger partial charge on any atom is 0.262 e. The van der Waals surface area contributed by atoms with Gasteiger partial charge in [0.25, 0.3) is 15.9 Å². The number of benzene rings is 5. The average molecular weight is 592 g/mol. The molecule has 5 aromatic rings. The lowest BCUT2D eigenvalue weighted by atomic mass is 9.99. The van der Waals surface area contributed by atoms with Crippen LogP contribution >= 0.6 is 0 Å². The van der Waals surface area contributed by atoms with E-state index in [2.05, 4.69) is 9.62 Å². The second-order valence-corrected chi connectivity index (χ2v) is 12.4. The first-order valence-corrected chi connectivity index (χ1v) is 15.4. The minimum absolute atomic E-state index is 0.0241. The summed E-state index contributed by atoms with van der Waals surface area (Å²) in [5.74, 6) is -0.733. The fraction of sp³-hybridized carbons (Fsp3) is 0.114. The molecule has 6 nitrogen and oxygen atoms in total. The number of aryl methyl sites for hydroxylation is 2. The number of hydrogen-bond donors (Lipinski definition) is 1. The van der Waals surface area contributed by atoms with Crippen molar-refractivity contribution in [1.29, 1.82) is 0 Å². The van der Waals surface area contributed by atoms with Crippen LogP contribution in [0.5, 0.6) is 0 Å². The van der Waals surface area contributed by atoms with Gasteiger partial charge >= 0.3 is 0 Å². The Bertz CT molecular complexity index is 1880. The molecular weight excluding hydrogens is 561 g/mol. The Morgan fingerprint density at radius 2 is 1.40 bits per heavy atom. The van der Waals surface area contributed by atoms with Gasteiger partial charge in [-0.3, -0.25) is 14.4 Å². The number of nitrogens with one attached hydrogen (secondary N) is 1. The molecule has 0 bridgehead atoms. The van der Waals surface area contributed by atoms with Gasteiger partial charge in [-0.1, -0.05) is 77.9 Å². The summed E-state index contributed by atoms with van der Waals surface area (Å²) in [7, 11) is -4.00. The summed E-state index contributed by atoms with van der Waals surface area (Å²) in [5, 5.41) is 0. The van der Waals surface area contributed by atoms with Crippen LogP contribution in [0.15, 0.2) is 126 Å². The lowest BCUT2D eigenvalue weighted by Gasteiger charge is -2.46. The predicted molar refractivity (Wildman–Crippen MR) is 168 cm³/mol. The Labute approximate surface area is 251 Å². The molecule has 6 rings (SSSR count). The van der Waals surface area contributed by atoms with Crippen molar-refractivity contribution in [3.8, 4) is 0 Å². The Morgan fingerprint density at radius 1 is 0.767 bits per heavy atom. The largest absolute Gasteiger partial charge is 0.342 e. The smallest absolute Gasteiger partial charge is 0.262 e. The standard InChI is InChI=1S/C35H30FN3O3S/c1-24-8-16-29(17-9-24)37-43(41,42)31-20-21-33-32(22-31)35(40)39(30-18-10-25(2)11-19-30)34(27-12-14-28(36)15-13-27)38(33)23-26-6-4-3-5-7-26/h3-22,34,37H,23H2,1-2H3/t34-/m0/s1. The molecule has 5 aromatic carbocycles. The van der Waals surface area contributed by atoms with E-state index < -0.39 is 16.2 Å². The van der Waals surface area contributed by atoms with E-state index in [0.29, 0.717) is 23.6 Å². The highest BCUT2D eigenvalue weighted by molar-refractivity contribution is 7.92. The lowest BCUT2D eigenvalue weighted by molar-refractivity contribution is 0.0968. The van der Waals surface area contributed by atoms with Gasteiger partial charge in [0.05, 0.1) is 16.1 Å². The zero-order valence-corrected chi connectivity index (χ0v) is 24.6. The molecule has 0 fully saturated rings. The highest BCUT2D eigenvalue weighted by atomic mass is 32.2. The SMILES string of the molecule is Cc1ccc(NS(=O)(=O)c2ccc3c(c2)C(=O)N(c2ccc(C)cc2)[C@@H](c2ccc(F)cc2)N3Cc2ccccc2)cc1. The van der Waals surface area contributed by atoms with Crippen molar-refractivity contribution in [3.05, 3.63) is 155 Å². The van der Waals surface area contributed by atoms with Crippen LogP contribution in [0.4, 0.5) is 21.5 Å². The number of fused-ring (bicyclic) bond motifs is 1. The quantitative estimate of drug-likeness (QED) is 0.212.